The Balaban J connectivity index is 0.930. The first kappa shape index (κ1) is 52.0. The number of fused-ring (bicyclic) bond motifs is 6. The van der Waals surface area contributed by atoms with E-state index in [0.29, 0.717) is 0 Å². The van der Waals surface area contributed by atoms with Crippen molar-refractivity contribution in [3.8, 4) is 55.6 Å². The largest absolute Gasteiger partial charge is 0.456 e. The Morgan fingerprint density at radius 3 is 0.833 bits per heavy atom. The van der Waals surface area contributed by atoms with E-state index in [0.717, 1.165) is 111 Å². The molecule has 2 heterocycles. The lowest BCUT2D eigenvalue weighted by Gasteiger charge is -2.27. The fraction of sp³-hybridized carbons (Fsp3) is 0.100. The molecular formula is C80H64N2O2. The van der Waals surface area contributed by atoms with Crippen molar-refractivity contribution in [1.29, 1.82) is 0 Å². The SMILES string of the molecule is CC(C)(C)c1ccc(N(c2ccc(-c3ccccc3)cc2)c2ccc(-c3c(-c4ccc5oc6ccccc6c5c4-c4ccc(N(c5ccc(-c6ccccc6)cc5)c5ccc(C(C)(C)C)cc5)cc4)ccc4oc5ccccc5c34)cc2)cc1. The zero-order valence-electron chi connectivity index (χ0n) is 48.3. The van der Waals surface area contributed by atoms with Gasteiger partial charge in [0.25, 0.3) is 0 Å². The lowest BCUT2D eigenvalue weighted by atomic mass is 9.85. The zero-order valence-corrected chi connectivity index (χ0v) is 48.3. The Hall–Kier alpha value is -10.2. The third kappa shape index (κ3) is 9.59. The van der Waals surface area contributed by atoms with Crippen molar-refractivity contribution in [3.05, 3.63) is 290 Å². The molecule has 14 rings (SSSR count). The van der Waals surface area contributed by atoms with Crippen LogP contribution in [0.3, 0.4) is 0 Å². The molecule has 4 nitrogen and oxygen atoms in total. The first-order chi connectivity index (χ1) is 40.9. The molecule has 0 spiro atoms. The van der Waals surface area contributed by atoms with E-state index in [1.54, 1.807) is 0 Å². The summed E-state index contributed by atoms with van der Waals surface area (Å²) in [6, 6.07) is 101. The predicted octanol–water partition coefficient (Wildman–Crippen LogP) is 23.4. The maximum Gasteiger partial charge on any atom is 0.136 e. The maximum absolute atomic E-state index is 6.72. The van der Waals surface area contributed by atoms with Gasteiger partial charge < -0.3 is 18.6 Å². The second-order valence-corrected chi connectivity index (χ2v) is 24.1. The Bertz CT molecular complexity index is 4360. The number of anilines is 6. The minimum absolute atomic E-state index is 0.0219. The summed E-state index contributed by atoms with van der Waals surface area (Å²) in [6.07, 6.45) is 0. The first-order valence-corrected chi connectivity index (χ1v) is 29.1. The number of rotatable bonds is 11. The lowest BCUT2D eigenvalue weighted by Crippen LogP contribution is -2.13. The van der Waals surface area contributed by atoms with E-state index in [2.05, 4.69) is 330 Å². The summed E-state index contributed by atoms with van der Waals surface area (Å²) < 4.78 is 13.4. The predicted molar refractivity (Wildman–Crippen MR) is 355 cm³/mol. The smallest absolute Gasteiger partial charge is 0.136 e. The molecule has 0 aliphatic carbocycles. The van der Waals surface area contributed by atoms with Gasteiger partial charge in [-0.05, 0) is 176 Å². The van der Waals surface area contributed by atoms with E-state index in [4.69, 9.17) is 8.83 Å². The standard InChI is InChI=1S/C80H64N2O2/c1-79(2,3)59-33-45-65(46-34-59)81(61-37-25-55(26-38-61)53-17-9-7-10-18-53)63-41-29-57(30-42-63)75-67(49-51-73-77(75)69-21-13-15-23-71(69)83-73)68-50-52-74-78(70-22-14-16-24-72(70)84-74)76(68)58-31-43-64(44-32-58)82(66-47-35-60(36-48-66)80(4,5)6)62-39-27-56(28-40-62)54-19-11-8-12-20-54/h7-52H,1-6H3. The summed E-state index contributed by atoms with van der Waals surface area (Å²) in [5.41, 5.74) is 23.7. The van der Waals surface area contributed by atoms with Crippen LogP contribution in [0.4, 0.5) is 34.1 Å². The Morgan fingerprint density at radius 2 is 0.512 bits per heavy atom. The maximum atomic E-state index is 6.72. The van der Waals surface area contributed by atoms with Gasteiger partial charge >= 0.3 is 0 Å². The fourth-order valence-electron chi connectivity index (χ4n) is 12.2. The number of hydrogen-bond acceptors (Lipinski definition) is 4. The number of para-hydroxylation sites is 2. The quantitative estimate of drug-likeness (QED) is 0.129. The van der Waals surface area contributed by atoms with Gasteiger partial charge in [-0.3, -0.25) is 0 Å². The molecular weight excluding hydrogens is 1020 g/mol. The van der Waals surface area contributed by atoms with Crippen LogP contribution in [-0.2, 0) is 10.8 Å². The first-order valence-electron chi connectivity index (χ1n) is 29.1. The summed E-state index contributed by atoms with van der Waals surface area (Å²) in [4.78, 5) is 4.72. The summed E-state index contributed by atoms with van der Waals surface area (Å²) in [5, 5.41) is 4.29. The summed E-state index contributed by atoms with van der Waals surface area (Å²) in [7, 11) is 0. The van der Waals surface area contributed by atoms with E-state index in [-0.39, 0.29) is 10.8 Å². The molecule has 0 unspecified atom stereocenters. The van der Waals surface area contributed by atoms with Gasteiger partial charge in [0.05, 0.1) is 0 Å². The van der Waals surface area contributed by atoms with Gasteiger partial charge in [0.2, 0.25) is 0 Å². The summed E-state index contributed by atoms with van der Waals surface area (Å²) in [6.45, 7) is 13.6. The Morgan fingerprint density at radius 1 is 0.238 bits per heavy atom. The van der Waals surface area contributed by atoms with E-state index < -0.39 is 0 Å². The van der Waals surface area contributed by atoms with Gasteiger partial charge in [0.15, 0.2) is 0 Å². The minimum Gasteiger partial charge on any atom is -0.456 e. The lowest BCUT2D eigenvalue weighted by molar-refractivity contribution is 0.590. The molecule has 0 aliphatic rings. The Kier molecular flexibility index (Phi) is 13.0. The van der Waals surface area contributed by atoms with Crippen LogP contribution >= 0.6 is 0 Å². The molecule has 14 aromatic rings. The van der Waals surface area contributed by atoms with Gasteiger partial charge in [-0.15, -0.1) is 0 Å². The van der Waals surface area contributed by atoms with Crippen molar-refractivity contribution in [2.24, 2.45) is 0 Å². The van der Waals surface area contributed by atoms with E-state index in [1.807, 2.05) is 0 Å². The van der Waals surface area contributed by atoms with Crippen molar-refractivity contribution in [3.63, 3.8) is 0 Å². The normalized spacial score (nSPS) is 11.9. The molecule has 0 saturated heterocycles. The number of hydrogen-bond donors (Lipinski definition) is 0. The highest BCUT2D eigenvalue weighted by Gasteiger charge is 2.25. The molecule has 4 heteroatoms. The average molecular weight is 1090 g/mol. The van der Waals surface area contributed by atoms with Crippen molar-refractivity contribution in [1.82, 2.24) is 0 Å². The molecule has 0 saturated carbocycles. The van der Waals surface area contributed by atoms with Crippen molar-refractivity contribution in [2.45, 2.75) is 52.4 Å². The van der Waals surface area contributed by atoms with Crippen LogP contribution in [-0.4, -0.2) is 0 Å². The molecule has 0 amide bonds. The molecule has 0 aliphatic heterocycles. The minimum atomic E-state index is 0.0219. The third-order valence-corrected chi connectivity index (χ3v) is 16.7. The number of benzene rings is 12. The number of furan rings is 2. The topological polar surface area (TPSA) is 32.8 Å². The monoisotopic (exact) mass is 1080 g/mol. The average Bonchev–Trinajstić information content (AvgIpc) is 2.00. The van der Waals surface area contributed by atoms with Crippen LogP contribution < -0.4 is 9.80 Å². The summed E-state index contributed by atoms with van der Waals surface area (Å²) in [5.74, 6) is 0. The van der Waals surface area contributed by atoms with Crippen molar-refractivity contribution in [2.75, 3.05) is 9.80 Å². The molecule has 0 fully saturated rings. The van der Waals surface area contributed by atoms with Gasteiger partial charge in [0, 0.05) is 66.8 Å². The number of nitrogens with zero attached hydrogens (tertiary/aromatic N) is 2. The van der Waals surface area contributed by atoms with Crippen molar-refractivity contribution < 1.29 is 8.83 Å². The molecule has 12 aromatic carbocycles. The van der Waals surface area contributed by atoms with Gasteiger partial charge in [-0.1, -0.05) is 211 Å². The van der Waals surface area contributed by atoms with Crippen LogP contribution in [0.1, 0.15) is 52.7 Å². The highest BCUT2D eigenvalue weighted by atomic mass is 16.3. The van der Waals surface area contributed by atoms with E-state index in [1.165, 1.54) is 33.4 Å². The van der Waals surface area contributed by atoms with Gasteiger partial charge in [-0.2, -0.15) is 0 Å². The second-order valence-electron chi connectivity index (χ2n) is 24.1. The van der Waals surface area contributed by atoms with Gasteiger partial charge in [-0.25, -0.2) is 0 Å². The highest BCUT2D eigenvalue weighted by molar-refractivity contribution is 6.20. The molecule has 0 N–H and O–H groups in total. The van der Waals surface area contributed by atoms with Crippen LogP contribution in [0.2, 0.25) is 0 Å². The molecule has 0 bridgehead atoms. The van der Waals surface area contributed by atoms with E-state index in [9.17, 15) is 0 Å². The van der Waals surface area contributed by atoms with Crippen LogP contribution in [0, 0.1) is 0 Å². The third-order valence-electron chi connectivity index (χ3n) is 16.7. The fourth-order valence-corrected chi connectivity index (χ4v) is 12.2. The summed E-state index contributed by atoms with van der Waals surface area (Å²) >= 11 is 0. The zero-order chi connectivity index (χ0) is 57.1. The van der Waals surface area contributed by atoms with Crippen LogP contribution in [0.5, 0.6) is 0 Å². The molecule has 2 aromatic heterocycles. The molecule has 0 radical (unpaired) electrons. The molecule has 84 heavy (non-hydrogen) atoms. The van der Waals surface area contributed by atoms with Crippen LogP contribution in [0.25, 0.3) is 99.5 Å². The molecule has 406 valence electrons. The second kappa shape index (κ2) is 21.0. The van der Waals surface area contributed by atoms with Gasteiger partial charge in [0.1, 0.15) is 22.3 Å². The van der Waals surface area contributed by atoms with Crippen LogP contribution in [0.15, 0.2) is 288 Å². The Labute approximate surface area is 492 Å². The van der Waals surface area contributed by atoms with E-state index >= 15 is 0 Å². The van der Waals surface area contributed by atoms with Crippen molar-refractivity contribution >= 4 is 78.0 Å². The highest BCUT2D eigenvalue weighted by Crippen LogP contribution is 2.50. The molecule has 0 atom stereocenters.